The molecule has 4 rings (SSSR count). The average molecular weight is 433 g/mol. The lowest BCUT2D eigenvalue weighted by atomic mass is 9.65. The Hall–Kier alpha value is -2.59. The van der Waals surface area contributed by atoms with E-state index in [9.17, 15) is 5.11 Å². The molecule has 2 N–H and O–H groups in total. The van der Waals surface area contributed by atoms with E-state index < -0.39 is 0 Å². The van der Waals surface area contributed by atoms with Crippen LogP contribution in [0, 0.1) is 5.92 Å². The van der Waals surface area contributed by atoms with Crippen LogP contribution in [0.15, 0.2) is 53.8 Å². The fourth-order valence-electron chi connectivity index (χ4n) is 5.46. The summed E-state index contributed by atoms with van der Waals surface area (Å²) < 4.78 is 5.46. The third-order valence-electron chi connectivity index (χ3n) is 7.39. The van der Waals surface area contributed by atoms with Crippen molar-refractivity contribution in [3.8, 4) is 0 Å². The highest BCUT2D eigenvalue weighted by atomic mass is 16.5. The molecule has 0 saturated carbocycles. The molecule has 3 unspecified atom stereocenters. The molecule has 1 aliphatic carbocycles. The molecule has 0 saturated heterocycles. The maximum Gasteiger partial charge on any atom is 0.108 e. The van der Waals surface area contributed by atoms with Crippen LogP contribution < -0.4 is 5.32 Å². The van der Waals surface area contributed by atoms with Gasteiger partial charge in [-0.2, -0.15) is 0 Å². The van der Waals surface area contributed by atoms with Crippen molar-refractivity contribution < 1.29 is 9.84 Å². The molecule has 4 heteroatoms. The number of nitrogens with zero attached hydrogens (tertiary/aromatic N) is 1. The number of pyridine rings is 1. The summed E-state index contributed by atoms with van der Waals surface area (Å²) in [7, 11) is 1.73. The molecule has 3 atom stereocenters. The van der Waals surface area contributed by atoms with E-state index in [0.29, 0.717) is 12.5 Å². The van der Waals surface area contributed by atoms with Crippen molar-refractivity contribution >= 4 is 16.6 Å². The molecule has 0 amide bonds. The van der Waals surface area contributed by atoms with Crippen LogP contribution in [-0.4, -0.2) is 29.8 Å². The Kier molecular flexibility index (Phi) is 5.93. The molecule has 2 heterocycles. The predicted molar refractivity (Wildman–Crippen MR) is 133 cm³/mol. The average Bonchev–Trinajstić information content (AvgIpc) is 2.78. The smallest absolute Gasteiger partial charge is 0.108 e. The largest absolute Gasteiger partial charge is 0.511 e. The first-order valence-electron chi connectivity index (χ1n) is 11.7. The van der Waals surface area contributed by atoms with E-state index in [1.54, 1.807) is 7.11 Å². The van der Waals surface area contributed by atoms with Gasteiger partial charge in [0, 0.05) is 41.7 Å². The Morgan fingerprint density at radius 3 is 2.72 bits per heavy atom. The number of hydrogen-bond acceptors (Lipinski definition) is 4. The zero-order chi connectivity index (χ0) is 23.2. The summed E-state index contributed by atoms with van der Waals surface area (Å²) in [6.45, 7) is 15.8. The van der Waals surface area contributed by atoms with Gasteiger partial charge < -0.3 is 15.2 Å². The number of aliphatic hydroxyl groups excluding tert-OH is 1. The van der Waals surface area contributed by atoms with Crippen LogP contribution >= 0.6 is 0 Å². The molecule has 2 aromatic rings. The maximum atomic E-state index is 10.6. The zero-order valence-electron chi connectivity index (χ0n) is 20.2. The minimum absolute atomic E-state index is 0.0431. The van der Waals surface area contributed by atoms with E-state index in [2.05, 4.69) is 76.9 Å². The maximum absolute atomic E-state index is 10.6. The second-order valence-electron chi connectivity index (χ2n) is 9.86. The van der Waals surface area contributed by atoms with E-state index >= 15 is 0 Å². The lowest BCUT2D eigenvalue weighted by molar-refractivity contribution is 0.179. The van der Waals surface area contributed by atoms with Gasteiger partial charge in [0.15, 0.2) is 0 Å². The van der Waals surface area contributed by atoms with E-state index in [0.717, 1.165) is 35.1 Å². The van der Waals surface area contributed by atoms with E-state index in [1.807, 2.05) is 0 Å². The summed E-state index contributed by atoms with van der Waals surface area (Å²) in [4.78, 5) is 5.23. The Bertz CT molecular complexity index is 1130. The third kappa shape index (κ3) is 3.45. The van der Waals surface area contributed by atoms with Crippen molar-refractivity contribution in [2.24, 2.45) is 5.92 Å². The van der Waals surface area contributed by atoms with Crippen LogP contribution in [0.2, 0.25) is 0 Å². The summed E-state index contributed by atoms with van der Waals surface area (Å²) >= 11 is 0. The molecule has 2 aliphatic rings. The minimum atomic E-state index is -0.271. The summed E-state index contributed by atoms with van der Waals surface area (Å²) in [5.41, 5.74) is 7.97. The quantitative estimate of drug-likeness (QED) is 0.519. The van der Waals surface area contributed by atoms with Crippen molar-refractivity contribution in [1.29, 1.82) is 0 Å². The Balaban J connectivity index is 2.11. The highest BCUT2D eigenvalue weighted by Gasteiger charge is 2.44. The van der Waals surface area contributed by atoms with Crippen molar-refractivity contribution in [3.63, 3.8) is 0 Å². The zero-order valence-corrected chi connectivity index (χ0v) is 20.2. The first-order chi connectivity index (χ1) is 15.2. The number of para-hydroxylation sites is 1. The first-order valence-corrected chi connectivity index (χ1v) is 11.7. The number of methoxy groups -OCH3 is 1. The van der Waals surface area contributed by atoms with Crippen LogP contribution in [0.4, 0.5) is 0 Å². The van der Waals surface area contributed by atoms with Gasteiger partial charge in [-0.15, -0.1) is 0 Å². The van der Waals surface area contributed by atoms with Crippen LogP contribution in [0.3, 0.4) is 0 Å². The van der Waals surface area contributed by atoms with Gasteiger partial charge in [-0.1, -0.05) is 65.0 Å². The number of nitrogens with one attached hydrogen (secondary N) is 1. The van der Waals surface area contributed by atoms with E-state index in [4.69, 9.17) is 9.72 Å². The van der Waals surface area contributed by atoms with Crippen LogP contribution in [0.25, 0.3) is 16.6 Å². The molecule has 0 spiro atoms. The molecule has 1 aromatic heterocycles. The number of hydrogen-bond donors (Lipinski definition) is 2. The van der Waals surface area contributed by atoms with E-state index in [-0.39, 0.29) is 23.1 Å². The first kappa shape index (κ1) is 22.6. The Morgan fingerprint density at radius 2 is 2.06 bits per heavy atom. The minimum Gasteiger partial charge on any atom is -0.511 e. The fraction of sp³-hybridized carbons (Fsp3) is 0.464. The molecular weight excluding hydrogens is 396 g/mol. The summed E-state index contributed by atoms with van der Waals surface area (Å²) in [5.74, 6) is 0.682. The molecule has 0 fully saturated rings. The van der Waals surface area contributed by atoms with Gasteiger partial charge >= 0.3 is 0 Å². The van der Waals surface area contributed by atoms with Gasteiger partial charge in [0.2, 0.25) is 0 Å². The molecule has 1 aliphatic heterocycles. The normalized spacial score (nSPS) is 23.8. The Labute approximate surface area is 192 Å². The van der Waals surface area contributed by atoms with Gasteiger partial charge in [-0.3, -0.25) is 4.98 Å². The number of aromatic nitrogens is 1. The molecule has 1 aromatic carbocycles. The second kappa shape index (κ2) is 8.40. The lowest BCUT2D eigenvalue weighted by Gasteiger charge is -2.45. The number of allylic oxidation sites excluding steroid dienone is 3. The summed E-state index contributed by atoms with van der Waals surface area (Å²) in [6, 6.07) is 8.11. The van der Waals surface area contributed by atoms with Crippen molar-refractivity contribution in [3.05, 3.63) is 70.6 Å². The van der Waals surface area contributed by atoms with Gasteiger partial charge in [-0.05, 0) is 42.0 Å². The fourth-order valence-corrected chi connectivity index (χ4v) is 5.46. The van der Waals surface area contributed by atoms with E-state index in [1.165, 1.54) is 22.3 Å². The molecule has 0 radical (unpaired) electrons. The molecule has 170 valence electrons. The SMILES string of the molecule is C=C(O)C1NC2=C(C)/C(=C\C(C)CC)C(C)(C)c3nc4ccccc4c(c32)C1CCOC. The van der Waals surface area contributed by atoms with Crippen molar-refractivity contribution in [2.75, 3.05) is 13.7 Å². The number of benzene rings is 1. The number of aliphatic hydroxyl groups is 1. The summed E-state index contributed by atoms with van der Waals surface area (Å²) in [6.07, 6.45) is 4.29. The topological polar surface area (TPSA) is 54.4 Å². The Morgan fingerprint density at radius 1 is 1.34 bits per heavy atom. The number of ether oxygens (including phenoxy) is 1. The molecule has 32 heavy (non-hydrogen) atoms. The standard InChI is InChI=1S/C28H36N2O2/c1-8-16(2)15-21-17(3)25-24-23(20(13-14-32-7)26(30-25)18(4)31)19-11-9-10-12-22(19)29-27(24)28(21,5)6/h9-12,15-16,20,26,30-31H,4,8,13-14H2,1-3,5-7H3/b21-15+. The van der Waals surface area contributed by atoms with Gasteiger partial charge in [-0.25, -0.2) is 0 Å². The van der Waals surface area contributed by atoms with Gasteiger partial charge in [0.05, 0.1) is 17.3 Å². The highest BCUT2D eigenvalue weighted by molar-refractivity contribution is 5.93. The lowest BCUT2D eigenvalue weighted by Crippen LogP contribution is -2.44. The molecular formula is C28H36N2O2. The van der Waals surface area contributed by atoms with Crippen LogP contribution in [0.5, 0.6) is 0 Å². The van der Waals surface area contributed by atoms with Gasteiger partial charge in [0.25, 0.3) is 0 Å². The number of rotatable bonds is 6. The predicted octanol–water partition coefficient (Wildman–Crippen LogP) is 6.39. The monoisotopic (exact) mass is 432 g/mol. The molecule has 4 nitrogen and oxygen atoms in total. The summed E-state index contributed by atoms with van der Waals surface area (Å²) in [5, 5.41) is 15.5. The van der Waals surface area contributed by atoms with Crippen molar-refractivity contribution in [2.45, 2.75) is 64.8 Å². The van der Waals surface area contributed by atoms with Gasteiger partial charge in [0.1, 0.15) is 5.76 Å². The van der Waals surface area contributed by atoms with Crippen molar-refractivity contribution in [1.82, 2.24) is 10.3 Å². The van der Waals surface area contributed by atoms with Crippen LogP contribution in [-0.2, 0) is 10.2 Å². The molecule has 0 bridgehead atoms. The highest BCUT2D eigenvalue weighted by Crippen LogP contribution is 2.52. The second-order valence-corrected chi connectivity index (χ2v) is 9.86. The third-order valence-corrected chi connectivity index (χ3v) is 7.39. The van der Waals surface area contributed by atoms with Crippen LogP contribution in [0.1, 0.15) is 70.2 Å². The number of fused-ring (bicyclic) bond motifs is 2.